The van der Waals surface area contributed by atoms with E-state index in [2.05, 4.69) is 24.1 Å². The molecule has 0 aliphatic carbocycles. The Bertz CT molecular complexity index is 335. The van der Waals surface area contributed by atoms with Gasteiger partial charge in [0, 0.05) is 0 Å². The molecule has 0 fully saturated rings. The van der Waals surface area contributed by atoms with Crippen molar-refractivity contribution in [1.29, 1.82) is 0 Å². The molecule has 2 heteroatoms. The Kier molecular flexibility index (Phi) is 6.77. The van der Waals surface area contributed by atoms with E-state index in [0.717, 1.165) is 19.3 Å². The van der Waals surface area contributed by atoms with Crippen LogP contribution in [0.1, 0.15) is 26.2 Å². The molecule has 1 aliphatic heterocycles. The standard InChI is InChI=1S/C15H19ClO/c1-3-5-6-12-15-14(16)11-8-7-10-13(17-15)9-4-2/h1,4-9,13-15H,10-12H2,2H3/b6-5?,8-7-,9-4+. The lowest BCUT2D eigenvalue weighted by atomic mass is 10.1. The zero-order chi connectivity index (χ0) is 12.5. The summed E-state index contributed by atoms with van der Waals surface area (Å²) in [5.41, 5.74) is 0. The van der Waals surface area contributed by atoms with Crippen molar-refractivity contribution in [2.75, 3.05) is 0 Å². The summed E-state index contributed by atoms with van der Waals surface area (Å²) < 4.78 is 6.00. The minimum atomic E-state index is 0.00160. The molecule has 0 N–H and O–H groups in total. The van der Waals surface area contributed by atoms with E-state index in [9.17, 15) is 0 Å². The molecule has 1 nitrogen and oxygen atoms in total. The molecule has 17 heavy (non-hydrogen) atoms. The molecule has 0 aromatic heterocycles. The lowest BCUT2D eigenvalue weighted by Crippen LogP contribution is -2.29. The predicted octanol–water partition coefficient (Wildman–Crippen LogP) is 3.85. The molecule has 1 aliphatic rings. The van der Waals surface area contributed by atoms with Crippen molar-refractivity contribution in [2.24, 2.45) is 0 Å². The Morgan fingerprint density at radius 3 is 2.94 bits per heavy atom. The van der Waals surface area contributed by atoms with E-state index in [-0.39, 0.29) is 17.6 Å². The van der Waals surface area contributed by atoms with Gasteiger partial charge in [-0.15, -0.1) is 18.0 Å². The van der Waals surface area contributed by atoms with Crippen LogP contribution >= 0.6 is 11.6 Å². The van der Waals surface area contributed by atoms with E-state index in [4.69, 9.17) is 22.8 Å². The maximum Gasteiger partial charge on any atom is 0.0794 e. The second-order valence-corrected chi connectivity index (χ2v) is 4.56. The fraction of sp³-hybridized carbons (Fsp3) is 0.467. The molecule has 0 radical (unpaired) electrons. The van der Waals surface area contributed by atoms with Crippen molar-refractivity contribution in [1.82, 2.24) is 0 Å². The number of hydrogen-bond acceptors (Lipinski definition) is 1. The minimum absolute atomic E-state index is 0.00160. The molecule has 3 unspecified atom stereocenters. The van der Waals surface area contributed by atoms with Crippen LogP contribution in [0.4, 0.5) is 0 Å². The van der Waals surface area contributed by atoms with Crippen molar-refractivity contribution in [2.45, 2.75) is 43.8 Å². The van der Waals surface area contributed by atoms with Crippen molar-refractivity contribution in [3.8, 4) is 12.3 Å². The summed E-state index contributed by atoms with van der Waals surface area (Å²) in [6.07, 6.45) is 19.8. The first-order valence-electron chi connectivity index (χ1n) is 5.96. The van der Waals surface area contributed by atoms with E-state index in [1.165, 1.54) is 0 Å². The molecule has 1 heterocycles. The first-order chi connectivity index (χ1) is 8.27. The Morgan fingerprint density at radius 2 is 2.24 bits per heavy atom. The van der Waals surface area contributed by atoms with Crippen molar-refractivity contribution in [3.63, 3.8) is 0 Å². The normalized spacial score (nSPS) is 32.2. The van der Waals surface area contributed by atoms with Crippen LogP contribution in [0.5, 0.6) is 0 Å². The molecule has 0 amide bonds. The maximum atomic E-state index is 6.32. The third-order valence-electron chi connectivity index (χ3n) is 2.64. The fourth-order valence-corrected chi connectivity index (χ4v) is 2.05. The molecule has 0 saturated carbocycles. The summed E-state index contributed by atoms with van der Waals surface area (Å²) in [4.78, 5) is 0. The number of terminal acetylenes is 1. The first-order valence-corrected chi connectivity index (χ1v) is 6.40. The quantitative estimate of drug-likeness (QED) is 0.420. The molecule has 0 bridgehead atoms. The van der Waals surface area contributed by atoms with E-state index in [1.54, 1.807) is 6.08 Å². The number of halogens is 1. The first kappa shape index (κ1) is 14.1. The Labute approximate surface area is 109 Å². The van der Waals surface area contributed by atoms with Gasteiger partial charge >= 0.3 is 0 Å². The largest absolute Gasteiger partial charge is 0.369 e. The second-order valence-electron chi connectivity index (χ2n) is 4.00. The number of rotatable bonds is 3. The molecule has 0 spiro atoms. The highest BCUT2D eigenvalue weighted by atomic mass is 35.5. The molecular formula is C15H19ClO. The number of hydrogen-bond donors (Lipinski definition) is 0. The highest BCUT2D eigenvalue weighted by Gasteiger charge is 2.22. The smallest absolute Gasteiger partial charge is 0.0794 e. The molecular weight excluding hydrogens is 232 g/mol. The van der Waals surface area contributed by atoms with E-state index < -0.39 is 0 Å². The third kappa shape index (κ3) is 5.26. The van der Waals surface area contributed by atoms with Crippen LogP contribution in [0.2, 0.25) is 0 Å². The molecule has 3 atom stereocenters. The molecule has 1 rings (SSSR count). The highest BCUT2D eigenvalue weighted by Crippen LogP contribution is 2.22. The Balaban J connectivity index is 2.66. The summed E-state index contributed by atoms with van der Waals surface area (Å²) in [7, 11) is 0. The lowest BCUT2D eigenvalue weighted by molar-refractivity contribution is 0.0129. The Hall–Kier alpha value is -0.970. The van der Waals surface area contributed by atoms with Gasteiger partial charge in [0.2, 0.25) is 0 Å². The van der Waals surface area contributed by atoms with Gasteiger partial charge < -0.3 is 4.74 Å². The van der Waals surface area contributed by atoms with E-state index >= 15 is 0 Å². The average Bonchev–Trinajstić information content (AvgIpc) is 2.31. The van der Waals surface area contributed by atoms with Crippen molar-refractivity contribution >= 4 is 11.6 Å². The van der Waals surface area contributed by atoms with Gasteiger partial charge in [-0.05, 0) is 32.3 Å². The van der Waals surface area contributed by atoms with Gasteiger partial charge in [0.25, 0.3) is 0 Å². The minimum Gasteiger partial charge on any atom is -0.369 e. The summed E-state index contributed by atoms with van der Waals surface area (Å²) in [5, 5.41) is 0.00160. The molecule has 92 valence electrons. The van der Waals surface area contributed by atoms with Crippen LogP contribution in [0.15, 0.2) is 36.5 Å². The van der Waals surface area contributed by atoms with Gasteiger partial charge in [-0.2, -0.15) is 0 Å². The molecule has 0 aromatic rings. The summed E-state index contributed by atoms with van der Waals surface area (Å²) in [5.74, 6) is 2.48. The molecule has 0 aromatic carbocycles. The van der Waals surface area contributed by atoms with Gasteiger partial charge in [0.1, 0.15) is 0 Å². The SMILES string of the molecule is C#CC=CCC1OC(/C=C/C)C/C=C\CC1Cl. The van der Waals surface area contributed by atoms with Gasteiger partial charge in [-0.1, -0.05) is 36.3 Å². The summed E-state index contributed by atoms with van der Waals surface area (Å²) in [6, 6.07) is 0. The van der Waals surface area contributed by atoms with Crippen molar-refractivity contribution in [3.05, 3.63) is 36.5 Å². The lowest BCUT2D eigenvalue weighted by Gasteiger charge is -2.26. The third-order valence-corrected chi connectivity index (χ3v) is 3.10. The highest BCUT2D eigenvalue weighted by molar-refractivity contribution is 6.21. The van der Waals surface area contributed by atoms with Gasteiger partial charge in [-0.3, -0.25) is 0 Å². The van der Waals surface area contributed by atoms with Crippen LogP contribution in [-0.4, -0.2) is 17.6 Å². The number of alkyl halides is 1. The van der Waals surface area contributed by atoms with Gasteiger partial charge in [0.05, 0.1) is 17.6 Å². The van der Waals surface area contributed by atoms with E-state index in [1.807, 2.05) is 19.1 Å². The molecule has 0 saturated heterocycles. The second kappa shape index (κ2) is 8.17. The predicted molar refractivity (Wildman–Crippen MR) is 74.1 cm³/mol. The summed E-state index contributed by atoms with van der Waals surface area (Å²) in [6.45, 7) is 2.00. The van der Waals surface area contributed by atoms with Gasteiger partial charge in [0.15, 0.2) is 0 Å². The number of allylic oxidation sites excluding steroid dienone is 3. The topological polar surface area (TPSA) is 9.23 Å². The van der Waals surface area contributed by atoms with Crippen LogP contribution < -0.4 is 0 Å². The summed E-state index contributed by atoms with van der Waals surface area (Å²) >= 11 is 6.32. The van der Waals surface area contributed by atoms with Crippen LogP contribution in [-0.2, 0) is 4.74 Å². The van der Waals surface area contributed by atoms with Crippen molar-refractivity contribution < 1.29 is 4.74 Å². The van der Waals surface area contributed by atoms with Gasteiger partial charge in [-0.25, -0.2) is 0 Å². The Morgan fingerprint density at radius 1 is 1.47 bits per heavy atom. The van der Waals surface area contributed by atoms with E-state index in [0.29, 0.717) is 0 Å². The van der Waals surface area contributed by atoms with Crippen LogP contribution in [0, 0.1) is 12.3 Å². The zero-order valence-corrected chi connectivity index (χ0v) is 10.9. The maximum absolute atomic E-state index is 6.32. The van der Waals surface area contributed by atoms with Crippen LogP contribution in [0.25, 0.3) is 0 Å². The zero-order valence-electron chi connectivity index (χ0n) is 10.2. The fourth-order valence-electron chi connectivity index (χ4n) is 1.79. The monoisotopic (exact) mass is 250 g/mol. The number of ether oxygens (including phenoxy) is 1. The van der Waals surface area contributed by atoms with Crippen LogP contribution in [0.3, 0.4) is 0 Å². The average molecular weight is 251 g/mol.